The number of fused-ring (bicyclic) bond motifs is 5. The Morgan fingerprint density at radius 1 is 1.00 bits per heavy atom. The topological polar surface area (TPSA) is 204 Å². The van der Waals surface area contributed by atoms with Crippen molar-refractivity contribution in [3.8, 4) is 17.2 Å². The van der Waals surface area contributed by atoms with Crippen molar-refractivity contribution in [2.75, 3.05) is 12.9 Å². The van der Waals surface area contributed by atoms with Crippen molar-refractivity contribution in [3.63, 3.8) is 0 Å². The molecular formula is C29H17N3O10S2. The number of carbonyl (C=O) groups excluding carboxylic acids is 5. The summed E-state index contributed by atoms with van der Waals surface area (Å²) in [5, 5.41) is 38.8. The standard InChI is InChI=1S/C29H17N3O10S2/c1-42-13-6-12(33)16-17(21(13)35)23(37)19-18(22(16)36)25(39)29(26(19)40)3-2-9-4-10-5-11(7-30-32-14(34)8-44-28(32)43)31-27(41)15(10)24(38)20(9)29/h4-7,36-38H,2-3,8H2,1H3,(H,31,41)/b30-7+. The zero-order valence-corrected chi connectivity index (χ0v) is 24.0. The Bertz CT molecular complexity index is 2130. The van der Waals surface area contributed by atoms with Gasteiger partial charge in [0.2, 0.25) is 5.78 Å². The predicted octanol–water partition coefficient (Wildman–Crippen LogP) is 2.01. The van der Waals surface area contributed by atoms with Gasteiger partial charge < -0.3 is 25.0 Å². The van der Waals surface area contributed by atoms with Crippen molar-refractivity contribution in [2.24, 2.45) is 5.10 Å². The molecule has 1 aliphatic heterocycles. The molecule has 0 radical (unpaired) electrons. The molecule has 13 nitrogen and oxygen atoms in total. The zero-order valence-electron chi connectivity index (χ0n) is 22.3. The molecule has 1 fully saturated rings. The number of ether oxygens (including phenoxy) is 1. The predicted molar refractivity (Wildman–Crippen MR) is 158 cm³/mol. The van der Waals surface area contributed by atoms with Gasteiger partial charge in [0.05, 0.1) is 52.4 Å². The van der Waals surface area contributed by atoms with E-state index >= 15 is 0 Å². The summed E-state index contributed by atoms with van der Waals surface area (Å²) in [4.78, 5) is 81.6. The maximum absolute atomic E-state index is 14.1. The first kappa shape index (κ1) is 27.7. The summed E-state index contributed by atoms with van der Waals surface area (Å²) in [5.41, 5.74) is -5.20. The van der Waals surface area contributed by atoms with E-state index in [1.54, 1.807) is 0 Å². The number of Topliss-reactive ketones (excluding diaryl/α,β-unsaturated/α-hetero) is 3. The number of pyridine rings is 1. The number of aromatic amines is 1. The fourth-order valence-corrected chi connectivity index (χ4v) is 7.37. The number of allylic oxidation sites excluding steroid dienone is 2. The monoisotopic (exact) mass is 631 g/mol. The minimum absolute atomic E-state index is 0.0861. The number of aromatic hydroxyl groups is 3. The van der Waals surface area contributed by atoms with Gasteiger partial charge in [-0.2, -0.15) is 10.1 Å². The molecular weight excluding hydrogens is 614 g/mol. The van der Waals surface area contributed by atoms with Crippen molar-refractivity contribution >= 4 is 74.3 Å². The Morgan fingerprint density at radius 3 is 2.32 bits per heavy atom. The van der Waals surface area contributed by atoms with Crippen molar-refractivity contribution in [3.05, 3.63) is 73.4 Å². The molecule has 1 atom stereocenters. The Labute approximate surface area is 254 Å². The second-order valence-electron chi connectivity index (χ2n) is 10.4. The molecule has 1 aromatic heterocycles. The number of carbonyl (C=O) groups is 5. The van der Waals surface area contributed by atoms with Crippen LogP contribution in [0.4, 0.5) is 0 Å². The number of nitrogens with zero attached hydrogens (tertiary/aromatic N) is 2. The average Bonchev–Trinajstić information content (AvgIpc) is 3.60. The molecule has 2 heterocycles. The maximum Gasteiger partial charge on any atom is 0.260 e. The van der Waals surface area contributed by atoms with Crippen molar-refractivity contribution in [1.82, 2.24) is 9.99 Å². The highest BCUT2D eigenvalue weighted by molar-refractivity contribution is 8.23. The summed E-state index contributed by atoms with van der Waals surface area (Å²) in [7, 11) is 1.12. The van der Waals surface area contributed by atoms with Crippen LogP contribution in [0.3, 0.4) is 0 Å². The van der Waals surface area contributed by atoms with Gasteiger partial charge in [0.15, 0.2) is 27.4 Å². The Balaban J connectivity index is 1.38. The summed E-state index contributed by atoms with van der Waals surface area (Å²) < 4.78 is 5.16. The number of amides is 1. The number of ketones is 4. The van der Waals surface area contributed by atoms with Crippen molar-refractivity contribution < 1.29 is 44.0 Å². The number of aromatic nitrogens is 1. The van der Waals surface area contributed by atoms with E-state index in [4.69, 9.17) is 17.0 Å². The smallest absolute Gasteiger partial charge is 0.260 e. The summed E-state index contributed by atoms with van der Waals surface area (Å²) in [6, 6.07) is 3.02. The van der Waals surface area contributed by atoms with Crippen LogP contribution in [0.2, 0.25) is 0 Å². The Kier molecular flexibility index (Phi) is 5.77. The lowest BCUT2D eigenvalue weighted by molar-refractivity contribution is -0.124. The molecule has 1 amide bonds. The van der Waals surface area contributed by atoms with E-state index in [9.17, 15) is 44.1 Å². The van der Waals surface area contributed by atoms with E-state index in [-0.39, 0.29) is 50.9 Å². The summed E-state index contributed by atoms with van der Waals surface area (Å²) >= 11 is 6.24. The normalized spacial score (nSPS) is 20.8. The van der Waals surface area contributed by atoms with Crippen LogP contribution in [-0.4, -0.2) is 77.8 Å². The lowest BCUT2D eigenvalue weighted by Gasteiger charge is -2.22. The molecule has 220 valence electrons. The number of thioether (sulfide) groups is 1. The first-order chi connectivity index (χ1) is 20.9. The summed E-state index contributed by atoms with van der Waals surface area (Å²) in [5.74, 6) is -7.07. The van der Waals surface area contributed by atoms with Gasteiger partial charge in [0.25, 0.3) is 11.5 Å². The van der Waals surface area contributed by atoms with E-state index in [0.29, 0.717) is 5.56 Å². The summed E-state index contributed by atoms with van der Waals surface area (Å²) in [6.07, 6.45) is 1.92. The van der Waals surface area contributed by atoms with E-state index in [0.717, 1.165) is 30.0 Å². The zero-order chi connectivity index (χ0) is 31.4. The second-order valence-corrected chi connectivity index (χ2v) is 12.1. The molecule has 1 spiro atoms. The van der Waals surface area contributed by atoms with Crippen LogP contribution in [0, 0.1) is 0 Å². The Morgan fingerprint density at radius 2 is 1.68 bits per heavy atom. The molecule has 0 bridgehead atoms. The Hall–Kier alpha value is -5.15. The van der Waals surface area contributed by atoms with Gasteiger partial charge in [-0.15, -0.1) is 0 Å². The average molecular weight is 632 g/mol. The molecule has 1 unspecified atom stereocenters. The molecule has 4 aliphatic rings. The molecule has 2 aromatic carbocycles. The first-order valence-corrected chi connectivity index (χ1v) is 14.3. The van der Waals surface area contributed by atoms with Gasteiger partial charge in [-0.25, -0.2) is 0 Å². The van der Waals surface area contributed by atoms with Crippen LogP contribution < -0.4 is 5.56 Å². The minimum Gasteiger partial charge on any atom is -0.507 e. The third kappa shape index (κ3) is 3.35. The van der Waals surface area contributed by atoms with Crippen LogP contribution >= 0.6 is 24.0 Å². The van der Waals surface area contributed by atoms with Gasteiger partial charge >= 0.3 is 0 Å². The number of hydrogen-bond acceptors (Lipinski definition) is 13. The number of hydrazone groups is 1. The fraction of sp³-hybridized carbons (Fsp3) is 0.172. The lowest BCUT2D eigenvalue weighted by Crippen LogP contribution is -2.36. The number of rotatable bonds is 3. The third-order valence-electron chi connectivity index (χ3n) is 8.30. The largest absolute Gasteiger partial charge is 0.507 e. The number of thiocarbonyl (C=S) groups is 1. The van der Waals surface area contributed by atoms with Crippen LogP contribution in [0.1, 0.15) is 64.7 Å². The number of H-pyrrole nitrogens is 1. The third-order valence-corrected chi connectivity index (χ3v) is 9.64. The van der Waals surface area contributed by atoms with Crippen LogP contribution in [0.5, 0.6) is 17.2 Å². The maximum atomic E-state index is 14.1. The number of hydrogen-bond donors (Lipinski definition) is 4. The van der Waals surface area contributed by atoms with Crippen LogP contribution in [-0.2, 0) is 21.4 Å². The number of methoxy groups -OCH3 is 1. The number of aryl methyl sites for hydroxylation is 1. The molecule has 1 saturated heterocycles. The van der Waals surface area contributed by atoms with Gasteiger partial charge in [-0.3, -0.25) is 28.8 Å². The van der Waals surface area contributed by atoms with Crippen LogP contribution in [0.15, 0.2) is 33.9 Å². The van der Waals surface area contributed by atoms with Crippen molar-refractivity contribution in [1.29, 1.82) is 0 Å². The molecule has 3 aliphatic carbocycles. The van der Waals surface area contributed by atoms with Gasteiger partial charge in [0, 0.05) is 11.6 Å². The van der Waals surface area contributed by atoms with Gasteiger partial charge in [-0.05, 0) is 29.9 Å². The number of nitrogens with one attached hydrogen (secondary N) is 1. The van der Waals surface area contributed by atoms with E-state index < -0.39 is 79.4 Å². The van der Waals surface area contributed by atoms with E-state index in [1.807, 2.05) is 0 Å². The van der Waals surface area contributed by atoms with E-state index in [1.165, 1.54) is 18.3 Å². The fourth-order valence-electron chi connectivity index (χ4n) is 6.41. The highest BCUT2D eigenvalue weighted by atomic mass is 32.2. The number of benzene rings is 2. The minimum atomic E-state index is -2.14. The van der Waals surface area contributed by atoms with E-state index in [2.05, 4.69) is 10.1 Å². The highest BCUT2D eigenvalue weighted by Crippen LogP contribution is 2.57. The molecule has 44 heavy (non-hydrogen) atoms. The molecule has 7 rings (SSSR count). The molecule has 0 saturated carbocycles. The first-order valence-electron chi connectivity index (χ1n) is 12.9. The van der Waals surface area contributed by atoms with Crippen LogP contribution in [0.25, 0.3) is 10.8 Å². The molecule has 4 N–H and O–H groups in total. The highest BCUT2D eigenvalue weighted by Gasteiger charge is 2.61. The molecule has 3 aromatic rings. The van der Waals surface area contributed by atoms with Gasteiger partial charge in [-0.1, -0.05) is 30.0 Å². The molecule has 15 heteroatoms. The summed E-state index contributed by atoms with van der Waals surface area (Å²) in [6.45, 7) is 0. The van der Waals surface area contributed by atoms with Gasteiger partial charge in [0.1, 0.15) is 22.7 Å². The lowest BCUT2D eigenvalue weighted by atomic mass is 9.76. The quantitative estimate of drug-likeness (QED) is 0.142. The number of phenols is 3. The second kappa shape index (κ2) is 9.17. The van der Waals surface area contributed by atoms with Crippen molar-refractivity contribution in [2.45, 2.75) is 18.3 Å². The number of phenolic OH excluding ortho intramolecular Hbond substituents is 3. The SMILES string of the molecule is COC1=CC(=O)c2c(O)c3c(c(O)c2C1=O)C(=O)C1(CCc2cc4cc(/C=N/N5C(=O)CSC5=S)[nH]c(=O)c4c(O)c21)C3=O.